The van der Waals surface area contributed by atoms with Gasteiger partial charge in [-0.2, -0.15) is 0 Å². The fraction of sp³-hybridized carbons (Fsp3) is 0.500. The highest BCUT2D eigenvalue weighted by molar-refractivity contribution is 5.18. The van der Waals surface area contributed by atoms with Crippen LogP contribution in [0.4, 0.5) is 0 Å². The van der Waals surface area contributed by atoms with E-state index in [2.05, 4.69) is 0 Å². The zero-order valence-electron chi connectivity index (χ0n) is 8.26. The van der Waals surface area contributed by atoms with E-state index in [1.807, 2.05) is 30.3 Å². The van der Waals surface area contributed by atoms with Crippen LogP contribution in [0.3, 0.4) is 0 Å². The average molecular weight is 191 g/mol. The molecule has 0 heterocycles. The van der Waals surface area contributed by atoms with Gasteiger partial charge in [0.05, 0.1) is 6.10 Å². The molecule has 1 aliphatic rings. The Kier molecular flexibility index (Phi) is 2.85. The number of aliphatic hydroxyl groups excluding tert-OH is 1. The number of benzene rings is 1. The molecule has 1 saturated carbocycles. The monoisotopic (exact) mass is 191 g/mol. The molecule has 2 rings (SSSR count). The third-order valence-corrected chi connectivity index (χ3v) is 3.17. The highest BCUT2D eigenvalue weighted by atomic mass is 16.3. The van der Waals surface area contributed by atoms with Crippen LogP contribution in [0.15, 0.2) is 30.3 Å². The maximum absolute atomic E-state index is 10.1. The average Bonchev–Trinajstić information content (AvgIpc) is 2.65. The zero-order chi connectivity index (χ0) is 9.97. The van der Waals surface area contributed by atoms with Crippen molar-refractivity contribution >= 4 is 0 Å². The SMILES string of the molecule is N[C@@H]1CCC[C@@H]1[C@@H](O)c1ccccc1. The summed E-state index contributed by atoms with van der Waals surface area (Å²) in [6.45, 7) is 0. The van der Waals surface area contributed by atoms with E-state index in [4.69, 9.17) is 5.73 Å². The molecule has 1 fully saturated rings. The predicted molar refractivity (Wildman–Crippen MR) is 56.7 cm³/mol. The summed E-state index contributed by atoms with van der Waals surface area (Å²) in [5.41, 5.74) is 6.95. The van der Waals surface area contributed by atoms with Crippen LogP contribution in [0, 0.1) is 5.92 Å². The Bertz CT molecular complexity index is 286. The summed E-state index contributed by atoms with van der Waals surface area (Å²) in [6, 6.07) is 9.99. The Labute approximate surface area is 84.7 Å². The fourth-order valence-electron chi connectivity index (χ4n) is 2.31. The molecule has 1 aliphatic carbocycles. The molecule has 0 radical (unpaired) electrons. The molecule has 2 nitrogen and oxygen atoms in total. The molecule has 0 amide bonds. The number of hydrogen-bond acceptors (Lipinski definition) is 2. The Morgan fingerprint density at radius 2 is 1.93 bits per heavy atom. The van der Waals surface area contributed by atoms with E-state index >= 15 is 0 Å². The molecule has 3 atom stereocenters. The van der Waals surface area contributed by atoms with Crippen molar-refractivity contribution in [1.82, 2.24) is 0 Å². The second kappa shape index (κ2) is 4.11. The molecule has 14 heavy (non-hydrogen) atoms. The van der Waals surface area contributed by atoms with Gasteiger partial charge < -0.3 is 10.8 Å². The van der Waals surface area contributed by atoms with E-state index in [1.54, 1.807) is 0 Å². The largest absolute Gasteiger partial charge is 0.388 e. The number of rotatable bonds is 2. The molecule has 1 aromatic carbocycles. The first-order valence-corrected chi connectivity index (χ1v) is 5.27. The lowest BCUT2D eigenvalue weighted by atomic mass is 9.92. The standard InChI is InChI=1S/C12H17NO/c13-11-8-4-7-10(11)12(14)9-5-2-1-3-6-9/h1-3,5-6,10-12,14H,4,7-8,13H2/t10-,11+,12-/m0/s1. The first kappa shape index (κ1) is 9.69. The lowest BCUT2D eigenvalue weighted by Crippen LogP contribution is -2.29. The van der Waals surface area contributed by atoms with Gasteiger partial charge >= 0.3 is 0 Å². The molecule has 0 unspecified atom stereocenters. The topological polar surface area (TPSA) is 46.2 Å². The van der Waals surface area contributed by atoms with Crippen molar-refractivity contribution in [2.75, 3.05) is 0 Å². The Morgan fingerprint density at radius 1 is 1.21 bits per heavy atom. The van der Waals surface area contributed by atoms with E-state index in [0.717, 1.165) is 24.8 Å². The van der Waals surface area contributed by atoms with Crippen LogP contribution < -0.4 is 5.73 Å². The summed E-state index contributed by atoms with van der Waals surface area (Å²) in [5.74, 6) is 0.248. The van der Waals surface area contributed by atoms with Crippen molar-refractivity contribution < 1.29 is 5.11 Å². The maximum atomic E-state index is 10.1. The van der Waals surface area contributed by atoms with E-state index in [0.29, 0.717) is 0 Å². The summed E-state index contributed by atoms with van der Waals surface area (Å²) in [4.78, 5) is 0. The minimum Gasteiger partial charge on any atom is -0.388 e. The van der Waals surface area contributed by atoms with Gasteiger partial charge in [0.1, 0.15) is 0 Å². The summed E-state index contributed by atoms with van der Waals surface area (Å²) < 4.78 is 0. The zero-order valence-corrected chi connectivity index (χ0v) is 8.26. The number of hydrogen-bond donors (Lipinski definition) is 2. The van der Waals surface area contributed by atoms with E-state index in [1.165, 1.54) is 0 Å². The van der Waals surface area contributed by atoms with Crippen LogP contribution in [0.25, 0.3) is 0 Å². The van der Waals surface area contributed by atoms with Crippen LogP contribution >= 0.6 is 0 Å². The summed E-state index contributed by atoms with van der Waals surface area (Å²) in [7, 11) is 0. The van der Waals surface area contributed by atoms with Gasteiger partial charge in [-0.1, -0.05) is 36.8 Å². The van der Waals surface area contributed by atoms with Crippen LogP contribution in [0.1, 0.15) is 30.9 Å². The van der Waals surface area contributed by atoms with Crippen molar-refractivity contribution in [3.05, 3.63) is 35.9 Å². The van der Waals surface area contributed by atoms with Crippen molar-refractivity contribution in [2.45, 2.75) is 31.4 Å². The molecule has 0 saturated heterocycles. The van der Waals surface area contributed by atoms with Gasteiger partial charge in [0.25, 0.3) is 0 Å². The molecule has 0 aromatic heterocycles. The molecule has 0 bridgehead atoms. The van der Waals surface area contributed by atoms with Gasteiger partial charge in [0, 0.05) is 12.0 Å². The lowest BCUT2D eigenvalue weighted by Gasteiger charge is -2.22. The highest BCUT2D eigenvalue weighted by Gasteiger charge is 2.30. The minimum atomic E-state index is -0.381. The van der Waals surface area contributed by atoms with E-state index in [9.17, 15) is 5.11 Å². The quantitative estimate of drug-likeness (QED) is 0.749. The normalized spacial score (nSPS) is 29.0. The van der Waals surface area contributed by atoms with Gasteiger partial charge in [0.2, 0.25) is 0 Å². The Balaban J connectivity index is 2.12. The fourth-order valence-corrected chi connectivity index (χ4v) is 2.31. The second-order valence-electron chi connectivity index (χ2n) is 4.11. The third-order valence-electron chi connectivity index (χ3n) is 3.17. The Hall–Kier alpha value is -0.860. The van der Waals surface area contributed by atoms with Crippen LogP contribution in [-0.4, -0.2) is 11.1 Å². The molecule has 1 aromatic rings. The number of aliphatic hydroxyl groups is 1. The van der Waals surface area contributed by atoms with E-state index in [-0.39, 0.29) is 18.1 Å². The van der Waals surface area contributed by atoms with Crippen molar-refractivity contribution in [3.63, 3.8) is 0 Å². The van der Waals surface area contributed by atoms with Crippen molar-refractivity contribution in [2.24, 2.45) is 11.7 Å². The smallest absolute Gasteiger partial charge is 0.0832 e. The molecular formula is C12H17NO. The summed E-state index contributed by atoms with van der Waals surface area (Å²) >= 11 is 0. The minimum absolute atomic E-state index is 0.171. The van der Waals surface area contributed by atoms with E-state index < -0.39 is 0 Å². The molecule has 3 N–H and O–H groups in total. The van der Waals surface area contributed by atoms with Gasteiger partial charge in [-0.25, -0.2) is 0 Å². The van der Waals surface area contributed by atoms with Gasteiger partial charge in [-0.15, -0.1) is 0 Å². The molecule has 0 spiro atoms. The lowest BCUT2D eigenvalue weighted by molar-refractivity contribution is 0.103. The first-order valence-electron chi connectivity index (χ1n) is 5.27. The van der Waals surface area contributed by atoms with Crippen molar-refractivity contribution in [3.8, 4) is 0 Å². The van der Waals surface area contributed by atoms with Crippen molar-refractivity contribution in [1.29, 1.82) is 0 Å². The molecule has 2 heteroatoms. The Morgan fingerprint density at radius 3 is 2.50 bits per heavy atom. The van der Waals surface area contributed by atoms with Gasteiger partial charge in [-0.05, 0) is 18.4 Å². The molecule has 0 aliphatic heterocycles. The first-order chi connectivity index (χ1) is 6.79. The van der Waals surface area contributed by atoms with Crippen LogP contribution in [0.5, 0.6) is 0 Å². The summed E-state index contributed by atoms with van der Waals surface area (Å²) in [6.07, 6.45) is 2.87. The van der Waals surface area contributed by atoms with Gasteiger partial charge in [-0.3, -0.25) is 0 Å². The summed E-state index contributed by atoms with van der Waals surface area (Å²) in [5, 5.41) is 10.1. The molecular weight excluding hydrogens is 174 g/mol. The molecule has 76 valence electrons. The van der Waals surface area contributed by atoms with Gasteiger partial charge in [0.15, 0.2) is 0 Å². The van der Waals surface area contributed by atoms with Crippen LogP contribution in [-0.2, 0) is 0 Å². The third kappa shape index (κ3) is 1.81. The van der Waals surface area contributed by atoms with Crippen LogP contribution in [0.2, 0.25) is 0 Å². The highest BCUT2D eigenvalue weighted by Crippen LogP contribution is 2.34. The number of nitrogens with two attached hydrogens (primary N) is 1. The maximum Gasteiger partial charge on any atom is 0.0832 e. The predicted octanol–water partition coefficient (Wildman–Crippen LogP) is 1.85. The second-order valence-corrected chi connectivity index (χ2v) is 4.11.